The van der Waals surface area contributed by atoms with Gasteiger partial charge in [0.15, 0.2) is 6.10 Å². The molecule has 0 spiro atoms. The van der Waals surface area contributed by atoms with E-state index in [4.69, 9.17) is 4.74 Å². The predicted octanol–water partition coefficient (Wildman–Crippen LogP) is 1.71. The maximum atomic E-state index is 12.0. The van der Waals surface area contributed by atoms with Gasteiger partial charge in [-0.25, -0.2) is 4.79 Å². The van der Waals surface area contributed by atoms with Gasteiger partial charge in [0.1, 0.15) is 5.60 Å². The summed E-state index contributed by atoms with van der Waals surface area (Å²) >= 11 is 0. The maximum Gasteiger partial charge on any atom is 0.407 e. The molecule has 0 heterocycles. The monoisotopic (exact) mass is 312 g/mol. The number of carbonyl (C=O) groups is 2. The van der Waals surface area contributed by atoms with Gasteiger partial charge in [0, 0.05) is 6.04 Å². The number of hydrogen-bond donors (Lipinski definition) is 3. The summed E-state index contributed by atoms with van der Waals surface area (Å²) < 4.78 is 5.23. The lowest BCUT2D eigenvalue weighted by Gasteiger charge is -2.32. The second-order valence-electron chi connectivity index (χ2n) is 7.51. The molecule has 0 aromatic heterocycles. The minimum atomic E-state index is -1.23. The molecule has 0 saturated heterocycles. The van der Waals surface area contributed by atoms with E-state index in [1.807, 2.05) is 0 Å². The highest BCUT2D eigenvalue weighted by molar-refractivity contribution is 5.82. The van der Waals surface area contributed by atoms with Crippen LogP contribution in [0.3, 0.4) is 0 Å². The van der Waals surface area contributed by atoms with Gasteiger partial charge in [0.25, 0.3) is 5.91 Å². The predicted molar refractivity (Wildman–Crippen MR) is 82.3 cm³/mol. The number of nitrogens with one attached hydrogen (secondary N) is 2. The third-order valence-corrected chi connectivity index (χ3v) is 4.09. The molecule has 0 bridgehead atoms. The molecular formula is C16H28N2O4. The topological polar surface area (TPSA) is 87.7 Å². The Morgan fingerprint density at radius 1 is 1.23 bits per heavy atom. The van der Waals surface area contributed by atoms with Gasteiger partial charge in [-0.05, 0) is 46.0 Å². The van der Waals surface area contributed by atoms with Crippen molar-refractivity contribution in [2.75, 3.05) is 0 Å². The molecule has 2 fully saturated rings. The molecule has 2 rings (SSSR count). The van der Waals surface area contributed by atoms with Crippen LogP contribution in [0.4, 0.5) is 4.79 Å². The zero-order chi connectivity index (χ0) is 16.3. The summed E-state index contributed by atoms with van der Waals surface area (Å²) in [5.41, 5.74) is -0.605. The lowest BCUT2D eigenvalue weighted by atomic mass is 9.80. The first-order chi connectivity index (χ1) is 10.2. The van der Waals surface area contributed by atoms with E-state index in [1.54, 1.807) is 20.8 Å². The first-order valence-electron chi connectivity index (χ1n) is 8.22. The smallest absolute Gasteiger partial charge is 0.407 e. The molecule has 2 amide bonds. The Bertz CT molecular complexity index is 411. The molecule has 6 heteroatoms. The third-order valence-electron chi connectivity index (χ3n) is 4.09. The number of alkyl carbamates (subject to hydrolysis) is 1. The van der Waals surface area contributed by atoms with Gasteiger partial charge in [-0.2, -0.15) is 0 Å². The summed E-state index contributed by atoms with van der Waals surface area (Å²) in [4.78, 5) is 24.0. The summed E-state index contributed by atoms with van der Waals surface area (Å²) in [5, 5.41) is 15.7. The second-order valence-corrected chi connectivity index (χ2v) is 7.51. The number of rotatable bonds is 6. The number of amides is 2. The largest absolute Gasteiger partial charge is 0.444 e. The number of aliphatic hydroxyl groups is 1. The highest BCUT2D eigenvalue weighted by atomic mass is 16.6. The fourth-order valence-corrected chi connectivity index (χ4v) is 2.51. The summed E-state index contributed by atoms with van der Waals surface area (Å²) in [6.07, 6.45) is 4.07. The van der Waals surface area contributed by atoms with Crippen molar-refractivity contribution in [2.45, 2.75) is 83.1 Å². The van der Waals surface area contributed by atoms with Crippen LogP contribution in [0.1, 0.15) is 59.3 Å². The molecular weight excluding hydrogens is 284 g/mol. The van der Waals surface area contributed by atoms with E-state index < -0.39 is 29.7 Å². The lowest BCUT2D eigenvalue weighted by Crippen LogP contribution is -2.52. The number of carbonyl (C=O) groups excluding carboxylic acids is 2. The highest BCUT2D eigenvalue weighted by Gasteiger charge is 2.35. The van der Waals surface area contributed by atoms with Crippen molar-refractivity contribution in [3.8, 4) is 0 Å². The Balaban J connectivity index is 1.91. The molecule has 0 aliphatic heterocycles. The van der Waals surface area contributed by atoms with Crippen molar-refractivity contribution >= 4 is 12.0 Å². The van der Waals surface area contributed by atoms with E-state index in [1.165, 1.54) is 6.42 Å². The normalized spacial score (nSPS) is 21.5. The van der Waals surface area contributed by atoms with Gasteiger partial charge in [-0.15, -0.1) is 0 Å². The van der Waals surface area contributed by atoms with Crippen molar-refractivity contribution in [3.63, 3.8) is 0 Å². The molecule has 3 N–H and O–H groups in total. The molecule has 2 atom stereocenters. The van der Waals surface area contributed by atoms with Gasteiger partial charge in [0.2, 0.25) is 0 Å². The summed E-state index contributed by atoms with van der Waals surface area (Å²) in [6.45, 7) is 5.34. The molecule has 22 heavy (non-hydrogen) atoms. The molecule has 126 valence electrons. The quantitative estimate of drug-likeness (QED) is 0.697. The van der Waals surface area contributed by atoms with Gasteiger partial charge in [0.05, 0.1) is 6.04 Å². The minimum absolute atomic E-state index is 0.188. The van der Waals surface area contributed by atoms with Gasteiger partial charge < -0.3 is 20.5 Å². The average molecular weight is 312 g/mol. The van der Waals surface area contributed by atoms with Crippen molar-refractivity contribution in [2.24, 2.45) is 5.92 Å². The van der Waals surface area contributed by atoms with Crippen LogP contribution in [0.15, 0.2) is 0 Å². The van der Waals surface area contributed by atoms with E-state index in [0.29, 0.717) is 12.3 Å². The fraction of sp³-hybridized carbons (Fsp3) is 0.875. The van der Waals surface area contributed by atoms with Crippen molar-refractivity contribution < 1.29 is 19.4 Å². The second kappa shape index (κ2) is 6.86. The number of ether oxygens (including phenoxy) is 1. The summed E-state index contributed by atoms with van der Waals surface area (Å²) in [7, 11) is 0. The third kappa shape index (κ3) is 5.48. The zero-order valence-electron chi connectivity index (χ0n) is 13.7. The van der Waals surface area contributed by atoms with Crippen molar-refractivity contribution in [1.29, 1.82) is 0 Å². The van der Waals surface area contributed by atoms with Crippen LogP contribution in [0.25, 0.3) is 0 Å². The number of aliphatic hydroxyl groups excluding tert-OH is 1. The van der Waals surface area contributed by atoms with Gasteiger partial charge >= 0.3 is 6.09 Å². The molecule has 2 aliphatic rings. The van der Waals surface area contributed by atoms with E-state index in [-0.39, 0.29) is 6.04 Å². The van der Waals surface area contributed by atoms with E-state index in [2.05, 4.69) is 10.6 Å². The Kier molecular flexibility index (Phi) is 5.32. The Morgan fingerprint density at radius 3 is 2.32 bits per heavy atom. The van der Waals surface area contributed by atoms with Crippen LogP contribution in [-0.4, -0.2) is 40.9 Å². The summed E-state index contributed by atoms with van der Waals surface area (Å²) in [5.74, 6) is 0.0613. The molecule has 2 saturated carbocycles. The molecule has 0 aromatic rings. The lowest BCUT2D eigenvalue weighted by molar-refractivity contribution is -0.131. The van der Waals surface area contributed by atoms with Crippen LogP contribution in [0.5, 0.6) is 0 Å². The Morgan fingerprint density at radius 2 is 1.86 bits per heavy atom. The average Bonchev–Trinajstić information content (AvgIpc) is 3.12. The molecule has 0 radical (unpaired) electrons. The molecule has 0 aromatic carbocycles. The summed E-state index contributed by atoms with van der Waals surface area (Å²) in [6, 6.07) is -0.410. The Labute approximate surface area is 132 Å². The van der Waals surface area contributed by atoms with Crippen LogP contribution >= 0.6 is 0 Å². The standard InChI is InChI=1S/C16H28N2O4/c1-16(2,3)22-15(21)18-12(9-10-5-4-6-10)13(19)14(20)17-11-7-8-11/h10-13,19H,4-9H2,1-3H3,(H,17,20)(H,18,21)/t12?,13-/m0/s1. The molecule has 1 unspecified atom stereocenters. The van der Waals surface area contributed by atoms with Crippen LogP contribution in [-0.2, 0) is 9.53 Å². The Hall–Kier alpha value is -1.30. The van der Waals surface area contributed by atoms with Crippen LogP contribution in [0.2, 0.25) is 0 Å². The van der Waals surface area contributed by atoms with E-state index >= 15 is 0 Å². The van der Waals surface area contributed by atoms with E-state index in [0.717, 1.165) is 25.7 Å². The van der Waals surface area contributed by atoms with Crippen LogP contribution in [0, 0.1) is 5.92 Å². The highest BCUT2D eigenvalue weighted by Crippen LogP contribution is 2.31. The SMILES string of the molecule is CC(C)(C)OC(=O)NC(CC1CCC1)[C@H](O)C(=O)NC1CC1. The van der Waals surface area contributed by atoms with Crippen LogP contribution < -0.4 is 10.6 Å². The molecule has 2 aliphatic carbocycles. The zero-order valence-corrected chi connectivity index (χ0v) is 13.7. The van der Waals surface area contributed by atoms with E-state index in [9.17, 15) is 14.7 Å². The first-order valence-corrected chi connectivity index (χ1v) is 8.22. The van der Waals surface area contributed by atoms with Gasteiger partial charge in [-0.1, -0.05) is 19.3 Å². The first kappa shape index (κ1) is 17.1. The maximum absolute atomic E-state index is 12.0. The molecule has 6 nitrogen and oxygen atoms in total. The number of hydrogen-bond acceptors (Lipinski definition) is 4. The fourth-order valence-electron chi connectivity index (χ4n) is 2.51. The van der Waals surface area contributed by atoms with Crippen molar-refractivity contribution in [1.82, 2.24) is 10.6 Å². The van der Waals surface area contributed by atoms with Gasteiger partial charge in [-0.3, -0.25) is 4.79 Å². The minimum Gasteiger partial charge on any atom is -0.444 e. The van der Waals surface area contributed by atoms with Crippen molar-refractivity contribution in [3.05, 3.63) is 0 Å².